The molecule has 0 aliphatic carbocycles. The molecule has 3 aliphatic rings. The van der Waals surface area contributed by atoms with Crippen molar-refractivity contribution >= 4 is 28.6 Å². The molecule has 3 fully saturated rings. The van der Waals surface area contributed by atoms with Crippen LogP contribution in [0.15, 0.2) is 24.3 Å². The van der Waals surface area contributed by atoms with Gasteiger partial charge >= 0.3 is 0 Å². The van der Waals surface area contributed by atoms with E-state index in [1.165, 1.54) is 4.90 Å². The molecular formula is C19H23N5O3. The van der Waals surface area contributed by atoms with Crippen LogP contribution in [0.4, 0.5) is 0 Å². The standard InChI is InChI=1S/C19H23N5O3/c1-22(2)16(25)11-24-13-8-7-12(18(24)26)9-23(10-13)19(27)17-14-5-3-4-6-15(14)20-21-17/h3-6,12-13H,7-11H2,1-2H3,(H,20,21). The zero-order valence-electron chi connectivity index (χ0n) is 15.5. The molecule has 2 atom stereocenters. The van der Waals surface area contributed by atoms with E-state index in [2.05, 4.69) is 10.2 Å². The molecular weight excluding hydrogens is 346 g/mol. The third-order valence-corrected chi connectivity index (χ3v) is 5.56. The third-order valence-electron chi connectivity index (χ3n) is 5.56. The average molecular weight is 369 g/mol. The maximum Gasteiger partial charge on any atom is 0.275 e. The topological polar surface area (TPSA) is 89.6 Å². The lowest BCUT2D eigenvalue weighted by Crippen LogP contribution is -2.51. The molecule has 0 spiro atoms. The fourth-order valence-corrected chi connectivity index (χ4v) is 3.98. The van der Waals surface area contributed by atoms with E-state index < -0.39 is 0 Å². The second-order valence-corrected chi connectivity index (χ2v) is 7.51. The van der Waals surface area contributed by atoms with Crippen molar-refractivity contribution in [3.05, 3.63) is 30.0 Å². The summed E-state index contributed by atoms with van der Waals surface area (Å²) in [7, 11) is 3.36. The van der Waals surface area contributed by atoms with Crippen LogP contribution >= 0.6 is 0 Å². The van der Waals surface area contributed by atoms with Crippen molar-refractivity contribution in [2.24, 2.45) is 5.92 Å². The lowest BCUT2D eigenvalue weighted by atomic mass is 9.94. The van der Waals surface area contributed by atoms with E-state index in [0.717, 1.165) is 23.7 Å². The number of nitrogens with zero attached hydrogens (tertiary/aromatic N) is 4. The lowest BCUT2D eigenvalue weighted by Gasteiger charge is -2.35. The van der Waals surface area contributed by atoms with Crippen LogP contribution in [0.2, 0.25) is 0 Å². The second kappa shape index (κ2) is 6.68. The molecule has 1 aromatic carbocycles. The molecule has 142 valence electrons. The summed E-state index contributed by atoms with van der Waals surface area (Å²) in [5.74, 6) is -0.554. The summed E-state index contributed by atoms with van der Waals surface area (Å²) in [6.07, 6.45) is 1.56. The normalized spacial score (nSPS) is 22.2. The number of hydrogen-bond donors (Lipinski definition) is 1. The summed E-state index contributed by atoms with van der Waals surface area (Å²) in [5, 5.41) is 7.88. The Morgan fingerprint density at radius 3 is 2.78 bits per heavy atom. The van der Waals surface area contributed by atoms with Crippen LogP contribution in [0, 0.1) is 5.92 Å². The van der Waals surface area contributed by atoms with Gasteiger partial charge in [-0.3, -0.25) is 19.5 Å². The minimum Gasteiger partial charge on any atom is -0.347 e. The molecule has 2 unspecified atom stereocenters. The number of carbonyl (C=O) groups excluding carboxylic acids is 3. The first-order valence-electron chi connectivity index (χ1n) is 9.18. The van der Waals surface area contributed by atoms with Crippen LogP contribution in [0.1, 0.15) is 23.3 Å². The number of aromatic amines is 1. The highest BCUT2D eigenvalue weighted by Gasteiger charge is 2.43. The van der Waals surface area contributed by atoms with Crippen molar-refractivity contribution < 1.29 is 14.4 Å². The first-order valence-corrected chi connectivity index (χ1v) is 9.18. The summed E-state index contributed by atoms with van der Waals surface area (Å²) in [4.78, 5) is 43.0. The Morgan fingerprint density at radius 1 is 1.22 bits per heavy atom. The van der Waals surface area contributed by atoms with Crippen molar-refractivity contribution in [2.75, 3.05) is 33.7 Å². The highest BCUT2D eigenvalue weighted by atomic mass is 16.2. The summed E-state index contributed by atoms with van der Waals surface area (Å²) in [5.41, 5.74) is 1.20. The van der Waals surface area contributed by atoms with Crippen molar-refractivity contribution in [2.45, 2.75) is 18.9 Å². The molecule has 8 heteroatoms. The van der Waals surface area contributed by atoms with Crippen LogP contribution in [0.25, 0.3) is 10.9 Å². The molecule has 0 saturated carbocycles. The first kappa shape index (κ1) is 17.5. The number of fused-ring (bicyclic) bond motifs is 5. The van der Waals surface area contributed by atoms with Gasteiger partial charge in [0.05, 0.1) is 11.4 Å². The van der Waals surface area contributed by atoms with E-state index in [-0.39, 0.29) is 36.2 Å². The van der Waals surface area contributed by atoms with Gasteiger partial charge in [-0.2, -0.15) is 5.10 Å². The van der Waals surface area contributed by atoms with Crippen LogP contribution in [0.3, 0.4) is 0 Å². The van der Waals surface area contributed by atoms with Crippen LogP contribution in [0.5, 0.6) is 0 Å². The second-order valence-electron chi connectivity index (χ2n) is 7.51. The number of nitrogens with one attached hydrogen (secondary N) is 1. The van der Waals surface area contributed by atoms with Crippen molar-refractivity contribution in [1.29, 1.82) is 0 Å². The van der Waals surface area contributed by atoms with E-state index in [0.29, 0.717) is 18.8 Å². The highest BCUT2D eigenvalue weighted by Crippen LogP contribution is 2.30. The number of benzene rings is 1. The molecule has 2 bridgehead atoms. The van der Waals surface area contributed by atoms with Gasteiger partial charge in [0, 0.05) is 38.6 Å². The van der Waals surface area contributed by atoms with Gasteiger partial charge in [-0.25, -0.2) is 0 Å². The smallest absolute Gasteiger partial charge is 0.275 e. The average Bonchev–Trinajstić information content (AvgIpc) is 2.90. The monoisotopic (exact) mass is 369 g/mol. The quantitative estimate of drug-likeness (QED) is 0.863. The van der Waals surface area contributed by atoms with Gasteiger partial charge in [-0.1, -0.05) is 18.2 Å². The summed E-state index contributed by atoms with van der Waals surface area (Å²) < 4.78 is 0. The molecule has 5 rings (SSSR count). The number of para-hydroxylation sites is 1. The molecule has 0 radical (unpaired) electrons. The predicted molar refractivity (Wildman–Crippen MR) is 98.9 cm³/mol. The Balaban J connectivity index is 1.59. The molecule has 8 nitrogen and oxygen atoms in total. The first-order chi connectivity index (χ1) is 13.0. The molecule has 27 heavy (non-hydrogen) atoms. The molecule has 1 N–H and O–H groups in total. The maximum absolute atomic E-state index is 13.1. The van der Waals surface area contributed by atoms with E-state index >= 15 is 0 Å². The van der Waals surface area contributed by atoms with Gasteiger partial charge in [-0.05, 0) is 18.9 Å². The van der Waals surface area contributed by atoms with Gasteiger partial charge in [0.2, 0.25) is 11.8 Å². The third kappa shape index (κ3) is 3.05. The molecule has 2 aromatic rings. The number of likely N-dealkylation sites (N-methyl/N-ethyl adjacent to an activating group) is 1. The fourth-order valence-electron chi connectivity index (χ4n) is 3.98. The van der Waals surface area contributed by atoms with Gasteiger partial charge in [0.15, 0.2) is 5.69 Å². The van der Waals surface area contributed by atoms with Gasteiger partial charge in [0.25, 0.3) is 5.91 Å². The van der Waals surface area contributed by atoms with Crippen molar-refractivity contribution in [3.63, 3.8) is 0 Å². The summed E-state index contributed by atoms with van der Waals surface area (Å²) in [6.45, 7) is 0.880. The van der Waals surface area contributed by atoms with E-state index in [9.17, 15) is 14.4 Å². The molecule has 4 heterocycles. The van der Waals surface area contributed by atoms with Crippen LogP contribution in [-0.2, 0) is 9.59 Å². The minimum atomic E-state index is -0.257. The SMILES string of the molecule is CN(C)C(=O)CN1C(=O)C2CCC1CN(C(=O)c1n[nH]c3ccccc13)C2. The van der Waals surface area contributed by atoms with E-state index in [4.69, 9.17) is 0 Å². The number of H-pyrrole nitrogens is 1. The minimum absolute atomic E-state index is 0.0244. The van der Waals surface area contributed by atoms with Crippen molar-refractivity contribution in [3.8, 4) is 0 Å². The van der Waals surface area contributed by atoms with Crippen LogP contribution in [-0.4, -0.2) is 82.4 Å². The number of rotatable bonds is 3. The Hall–Kier alpha value is -2.90. The highest BCUT2D eigenvalue weighted by molar-refractivity contribution is 6.05. The summed E-state index contributed by atoms with van der Waals surface area (Å²) in [6, 6.07) is 7.38. The maximum atomic E-state index is 13.1. The number of hydrogen-bond acceptors (Lipinski definition) is 4. The van der Waals surface area contributed by atoms with E-state index in [1.807, 2.05) is 24.3 Å². The predicted octanol–water partition coefficient (Wildman–Crippen LogP) is 0.714. The van der Waals surface area contributed by atoms with E-state index in [1.54, 1.807) is 23.9 Å². The van der Waals surface area contributed by atoms with Gasteiger partial charge in [-0.15, -0.1) is 0 Å². The zero-order valence-corrected chi connectivity index (χ0v) is 15.5. The molecule has 3 saturated heterocycles. The number of aromatic nitrogens is 2. The number of piperidine rings is 1. The van der Waals surface area contributed by atoms with Gasteiger partial charge < -0.3 is 14.7 Å². The fraction of sp³-hybridized carbons (Fsp3) is 0.474. The molecule has 3 amide bonds. The summed E-state index contributed by atoms with van der Waals surface area (Å²) >= 11 is 0. The van der Waals surface area contributed by atoms with Gasteiger partial charge in [0.1, 0.15) is 6.54 Å². The Labute approximate surface area is 157 Å². The molecule has 1 aromatic heterocycles. The Morgan fingerprint density at radius 2 is 2.00 bits per heavy atom. The molecule has 3 aliphatic heterocycles. The largest absolute Gasteiger partial charge is 0.347 e. The van der Waals surface area contributed by atoms with Crippen LogP contribution < -0.4 is 0 Å². The number of amides is 3. The lowest BCUT2D eigenvalue weighted by molar-refractivity contribution is -0.145. The number of carbonyl (C=O) groups is 3. The Kier molecular flexibility index (Phi) is 4.33. The van der Waals surface area contributed by atoms with Crippen molar-refractivity contribution in [1.82, 2.24) is 24.9 Å². The Bertz CT molecular complexity index is 906. The zero-order chi connectivity index (χ0) is 19.1.